The summed E-state index contributed by atoms with van der Waals surface area (Å²) in [4.78, 5) is 15.0. The standard InChI is InChI=1S/C30H40N2O5/c1-6-21(15-17-37-30(4,5)7-2)11-8-10-20(3)14-16-32-24-18-22(33)19-26(35)28(24)31-27-23(29(32)36)12-9-13-25(27)34/h9,11-14,18-19,31,33-35H,6-8,10,15-17H2,1-5H3/b20-14+,21-11+. The smallest absolute Gasteiger partial charge is 0.260 e. The van der Waals surface area contributed by atoms with Gasteiger partial charge in [-0.3, -0.25) is 4.79 Å². The van der Waals surface area contributed by atoms with Gasteiger partial charge >= 0.3 is 0 Å². The summed E-state index contributed by atoms with van der Waals surface area (Å²) in [6.45, 7) is 11.5. The van der Waals surface area contributed by atoms with E-state index >= 15 is 0 Å². The SMILES string of the molecule is CC/C(=C\CC/C(C)=C/CN1C(=O)c2cccc(O)c2Nc2c(O)cc(O)cc21)CCOC(C)(C)CC. The molecule has 0 fully saturated rings. The van der Waals surface area contributed by atoms with Crippen molar-refractivity contribution in [3.8, 4) is 17.2 Å². The molecule has 37 heavy (non-hydrogen) atoms. The molecule has 1 heterocycles. The van der Waals surface area contributed by atoms with Gasteiger partial charge in [0.15, 0.2) is 0 Å². The topological polar surface area (TPSA) is 102 Å². The maximum atomic E-state index is 13.5. The largest absolute Gasteiger partial charge is 0.508 e. The van der Waals surface area contributed by atoms with Crippen LogP contribution in [-0.2, 0) is 4.74 Å². The highest BCUT2D eigenvalue weighted by Gasteiger charge is 2.30. The maximum absolute atomic E-state index is 13.5. The summed E-state index contributed by atoms with van der Waals surface area (Å²) in [5, 5.41) is 34.0. The van der Waals surface area contributed by atoms with Crippen LogP contribution < -0.4 is 10.2 Å². The number of nitrogens with one attached hydrogen (secondary N) is 1. The highest BCUT2D eigenvalue weighted by atomic mass is 16.5. The molecule has 1 aliphatic rings. The number of hydrogen-bond donors (Lipinski definition) is 4. The summed E-state index contributed by atoms with van der Waals surface area (Å²) < 4.78 is 6.00. The fourth-order valence-corrected chi connectivity index (χ4v) is 4.19. The Bertz CT molecular complexity index is 1180. The normalized spacial score (nSPS) is 14.2. The molecule has 0 aromatic heterocycles. The van der Waals surface area contributed by atoms with Crippen LogP contribution in [0.4, 0.5) is 17.1 Å². The van der Waals surface area contributed by atoms with Crippen molar-refractivity contribution < 1.29 is 24.9 Å². The molecule has 1 aliphatic heterocycles. The van der Waals surface area contributed by atoms with Gasteiger partial charge in [0, 0.05) is 18.7 Å². The summed E-state index contributed by atoms with van der Waals surface area (Å²) in [6.07, 6.45) is 8.91. The van der Waals surface area contributed by atoms with E-state index in [1.165, 1.54) is 28.7 Å². The summed E-state index contributed by atoms with van der Waals surface area (Å²) in [7, 11) is 0. The van der Waals surface area contributed by atoms with E-state index in [1.807, 2.05) is 13.0 Å². The molecule has 0 saturated carbocycles. The molecule has 4 N–H and O–H groups in total. The maximum Gasteiger partial charge on any atom is 0.260 e. The average Bonchev–Trinajstić information content (AvgIpc) is 2.97. The Morgan fingerprint density at radius 1 is 1.05 bits per heavy atom. The Labute approximate surface area is 220 Å². The van der Waals surface area contributed by atoms with E-state index in [0.29, 0.717) is 5.69 Å². The molecule has 0 unspecified atom stereocenters. The van der Waals surface area contributed by atoms with Gasteiger partial charge in [0.2, 0.25) is 0 Å². The van der Waals surface area contributed by atoms with Gasteiger partial charge in [0.25, 0.3) is 5.91 Å². The van der Waals surface area contributed by atoms with Gasteiger partial charge in [0.05, 0.1) is 29.1 Å². The quantitative estimate of drug-likeness (QED) is 0.146. The lowest BCUT2D eigenvalue weighted by Crippen LogP contribution is -2.30. The number of phenols is 3. The minimum atomic E-state index is -0.339. The van der Waals surface area contributed by atoms with Crippen molar-refractivity contribution in [1.29, 1.82) is 0 Å². The number of anilines is 3. The molecule has 0 aliphatic carbocycles. The number of amides is 1. The van der Waals surface area contributed by atoms with Crippen LogP contribution >= 0.6 is 0 Å². The number of aromatic hydroxyl groups is 3. The molecule has 0 bridgehead atoms. The number of rotatable bonds is 11. The second-order valence-corrected chi connectivity index (χ2v) is 10.1. The molecule has 200 valence electrons. The highest BCUT2D eigenvalue weighted by Crippen LogP contribution is 2.45. The van der Waals surface area contributed by atoms with E-state index in [-0.39, 0.29) is 52.2 Å². The van der Waals surface area contributed by atoms with Crippen LogP contribution in [0.15, 0.2) is 53.6 Å². The van der Waals surface area contributed by atoms with Crippen LogP contribution in [0.5, 0.6) is 17.2 Å². The van der Waals surface area contributed by atoms with Gasteiger partial charge in [-0.15, -0.1) is 0 Å². The van der Waals surface area contributed by atoms with Crippen molar-refractivity contribution in [3.63, 3.8) is 0 Å². The molecule has 0 saturated heterocycles. The first-order valence-corrected chi connectivity index (χ1v) is 13.0. The van der Waals surface area contributed by atoms with Crippen LogP contribution in [0.2, 0.25) is 0 Å². The summed E-state index contributed by atoms with van der Waals surface area (Å²) >= 11 is 0. The number of ether oxygens (including phenoxy) is 1. The van der Waals surface area contributed by atoms with Gasteiger partial charge < -0.3 is 30.3 Å². The molecule has 1 amide bonds. The lowest BCUT2D eigenvalue weighted by Gasteiger charge is -2.23. The van der Waals surface area contributed by atoms with E-state index in [4.69, 9.17) is 4.74 Å². The van der Waals surface area contributed by atoms with Crippen LogP contribution in [0.3, 0.4) is 0 Å². The van der Waals surface area contributed by atoms with Gasteiger partial charge in [0.1, 0.15) is 22.9 Å². The number of para-hydroxylation sites is 1. The molecule has 0 radical (unpaired) electrons. The average molecular weight is 509 g/mol. The summed E-state index contributed by atoms with van der Waals surface area (Å²) in [6, 6.07) is 7.34. The lowest BCUT2D eigenvalue weighted by atomic mass is 10.0. The van der Waals surface area contributed by atoms with Crippen LogP contribution in [-0.4, -0.2) is 40.0 Å². The first-order valence-electron chi connectivity index (χ1n) is 13.0. The third-order valence-corrected chi connectivity index (χ3v) is 6.96. The molecule has 3 rings (SSSR count). The summed E-state index contributed by atoms with van der Waals surface area (Å²) in [5.41, 5.74) is 3.51. The highest BCUT2D eigenvalue weighted by molar-refractivity contribution is 6.15. The molecule has 2 aromatic rings. The Hall–Kier alpha value is -3.45. The lowest BCUT2D eigenvalue weighted by molar-refractivity contribution is -0.0184. The molecule has 7 heteroatoms. The van der Waals surface area contributed by atoms with Crippen LogP contribution in [0, 0.1) is 0 Å². The third kappa shape index (κ3) is 7.07. The zero-order valence-corrected chi connectivity index (χ0v) is 22.6. The minimum absolute atomic E-state index is 0.0933. The van der Waals surface area contributed by atoms with E-state index in [9.17, 15) is 20.1 Å². The van der Waals surface area contributed by atoms with Crippen molar-refractivity contribution in [3.05, 3.63) is 59.2 Å². The monoisotopic (exact) mass is 508 g/mol. The van der Waals surface area contributed by atoms with Crippen LogP contribution in [0.1, 0.15) is 77.1 Å². The predicted molar refractivity (Wildman–Crippen MR) is 149 cm³/mol. The fraction of sp³-hybridized carbons (Fsp3) is 0.433. The Kier molecular flexibility index (Phi) is 9.27. The number of hydrogen-bond acceptors (Lipinski definition) is 6. The third-order valence-electron chi connectivity index (χ3n) is 6.96. The Morgan fingerprint density at radius 2 is 1.81 bits per heavy atom. The number of phenolic OH excluding ortho intramolecular Hbond substituents is 3. The zero-order chi connectivity index (χ0) is 27.2. The molecule has 7 nitrogen and oxygen atoms in total. The molecular formula is C30H40N2O5. The van der Waals surface area contributed by atoms with Crippen molar-refractivity contribution in [1.82, 2.24) is 0 Å². The van der Waals surface area contributed by atoms with Gasteiger partial charge in [-0.05, 0) is 65.0 Å². The minimum Gasteiger partial charge on any atom is -0.508 e. The first kappa shape index (κ1) is 28.1. The molecule has 0 spiro atoms. The summed E-state index contributed by atoms with van der Waals surface area (Å²) in [5.74, 6) is -0.808. The van der Waals surface area contributed by atoms with Crippen molar-refractivity contribution in [2.24, 2.45) is 0 Å². The molecule has 2 aromatic carbocycles. The van der Waals surface area contributed by atoms with E-state index in [0.717, 1.165) is 44.3 Å². The van der Waals surface area contributed by atoms with E-state index in [2.05, 4.69) is 39.1 Å². The van der Waals surface area contributed by atoms with Crippen LogP contribution in [0.25, 0.3) is 0 Å². The van der Waals surface area contributed by atoms with E-state index < -0.39 is 0 Å². The van der Waals surface area contributed by atoms with Crippen molar-refractivity contribution in [2.75, 3.05) is 23.4 Å². The number of carbonyl (C=O) groups excluding carboxylic acids is 1. The molecule has 0 atom stereocenters. The number of carbonyl (C=O) groups is 1. The number of nitrogens with zero attached hydrogens (tertiary/aromatic N) is 1. The van der Waals surface area contributed by atoms with Crippen molar-refractivity contribution in [2.45, 2.75) is 72.3 Å². The predicted octanol–water partition coefficient (Wildman–Crippen LogP) is 7.17. The second-order valence-electron chi connectivity index (χ2n) is 10.1. The zero-order valence-electron chi connectivity index (χ0n) is 22.6. The van der Waals surface area contributed by atoms with Gasteiger partial charge in [-0.1, -0.05) is 43.2 Å². The van der Waals surface area contributed by atoms with E-state index in [1.54, 1.807) is 12.1 Å². The first-order chi connectivity index (χ1) is 17.6. The van der Waals surface area contributed by atoms with Gasteiger partial charge in [-0.25, -0.2) is 0 Å². The van der Waals surface area contributed by atoms with Crippen molar-refractivity contribution >= 4 is 23.0 Å². The fourth-order valence-electron chi connectivity index (χ4n) is 4.19. The number of fused-ring (bicyclic) bond motifs is 2. The second kappa shape index (κ2) is 12.2. The number of allylic oxidation sites excluding steroid dienone is 2. The number of benzene rings is 2. The Morgan fingerprint density at radius 3 is 2.51 bits per heavy atom. The molecular weight excluding hydrogens is 468 g/mol. The Balaban J connectivity index is 1.74. The van der Waals surface area contributed by atoms with Gasteiger partial charge in [-0.2, -0.15) is 0 Å².